The van der Waals surface area contributed by atoms with Crippen molar-refractivity contribution < 1.29 is 36.3 Å². The van der Waals surface area contributed by atoms with Crippen LogP contribution in [0.3, 0.4) is 0 Å². The molecule has 202 valence electrons. The number of hydrazone groups is 1. The number of anilines is 1. The Morgan fingerprint density at radius 2 is 1.79 bits per heavy atom. The molecule has 0 saturated heterocycles. The van der Waals surface area contributed by atoms with Crippen molar-refractivity contribution in [3.63, 3.8) is 0 Å². The van der Waals surface area contributed by atoms with Crippen LogP contribution in [-0.4, -0.2) is 63.5 Å². The van der Waals surface area contributed by atoms with Crippen molar-refractivity contribution >= 4 is 39.1 Å². The van der Waals surface area contributed by atoms with Crippen LogP contribution >= 0.6 is 0 Å². The van der Waals surface area contributed by atoms with E-state index in [0.717, 1.165) is 10.6 Å². The van der Waals surface area contributed by atoms with Gasteiger partial charge >= 0.3 is 21.5 Å². The fourth-order valence-corrected chi connectivity index (χ4v) is 4.85. The lowest BCUT2D eigenvalue weighted by molar-refractivity contribution is -0.130. The summed E-state index contributed by atoms with van der Waals surface area (Å²) >= 11 is 0. The lowest BCUT2D eigenvalue weighted by atomic mass is 10.2. The van der Waals surface area contributed by atoms with Gasteiger partial charge in [0.15, 0.2) is 0 Å². The predicted molar refractivity (Wildman–Crippen MR) is 131 cm³/mol. The third kappa shape index (κ3) is 5.01. The number of fused-ring (bicyclic) bond motifs is 1. The van der Waals surface area contributed by atoms with E-state index in [2.05, 4.69) is 15.4 Å². The number of nitrogens with zero attached hydrogens (tertiary/aromatic N) is 5. The predicted octanol–water partition coefficient (Wildman–Crippen LogP) is 2.50. The highest BCUT2D eigenvalue weighted by molar-refractivity contribution is 7.90. The smallest absolute Gasteiger partial charge is 0.475 e. The van der Waals surface area contributed by atoms with Gasteiger partial charge in [0.25, 0.3) is 5.91 Å². The van der Waals surface area contributed by atoms with Crippen LogP contribution in [0, 0.1) is 6.92 Å². The molecule has 38 heavy (non-hydrogen) atoms. The summed E-state index contributed by atoms with van der Waals surface area (Å²) in [5.74, 6) is -3.50. The van der Waals surface area contributed by atoms with Crippen LogP contribution in [0.15, 0.2) is 47.7 Å². The molecule has 3 heterocycles. The quantitative estimate of drug-likeness (QED) is 0.460. The number of imidazole rings is 1. The van der Waals surface area contributed by atoms with Crippen molar-refractivity contribution in [3.05, 3.63) is 65.1 Å². The summed E-state index contributed by atoms with van der Waals surface area (Å²) in [6.45, 7) is 2.90. The van der Waals surface area contributed by atoms with Gasteiger partial charge in [0.1, 0.15) is 11.3 Å². The third-order valence-electron chi connectivity index (χ3n) is 5.82. The number of sulfonamides is 1. The molecule has 1 aliphatic heterocycles. The first-order valence-corrected chi connectivity index (χ1v) is 12.8. The number of amidine groups is 1. The molecule has 0 bridgehead atoms. The fourth-order valence-electron chi connectivity index (χ4n) is 3.94. The van der Waals surface area contributed by atoms with Gasteiger partial charge in [0.05, 0.1) is 24.5 Å². The Hall–Kier alpha value is -4.14. The van der Waals surface area contributed by atoms with Crippen LogP contribution in [0.2, 0.25) is 0 Å². The summed E-state index contributed by atoms with van der Waals surface area (Å²) in [5, 5.41) is 16.9. The van der Waals surface area contributed by atoms with E-state index >= 15 is 0 Å². The molecule has 2 aromatic heterocycles. The van der Waals surface area contributed by atoms with Crippen molar-refractivity contribution in [2.24, 2.45) is 5.10 Å². The second kappa shape index (κ2) is 9.96. The van der Waals surface area contributed by atoms with Crippen molar-refractivity contribution in [2.45, 2.75) is 32.3 Å². The Morgan fingerprint density at radius 3 is 2.39 bits per heavy atom. The Kier molecular flexibility index (Phi) is 7.06. The molecular weight excluding hydrogens is 529 g/mol. The minimum Gasteiger partial charge on any atom is -0.475 e. The molecule has 0 spiro atoms. The maximum atomic E-state index is 13.0. The third-order valence-corrected chi connectivity index (χ3v) is 7.34. The number of aromatic nitrogens is 2. The first-order valence-electron chi connectivity index (χ1n) is 11.4. The number of carboxylic acids is 1. The number of nitrogens with one attached hydrogen (secondary N) is 1. The Bertz CT molecular complexity index is 1530. The summed E-state index contributed by atoms with van der Waals surface area (Å²) in [7, 11) is -5.91. The Labute approximate surface area is 215 Å². The maximum absolute atomic E-state index is 13.0. The molecule has 0 aliphatic carbocycles. The molecule has 1 aliphatic rings. The van der Waals surface area contributed by atoms with E-state index in [0.29, 0.717) is 34.7 Å². The van der Waals surface area contributed by atoms with Crippen LogP contribution in [0.25, 0.3) is 5.65 Å². The van der Waals surface area contributed by atoms with E-state index in [-0.39, 0.29) is 23.3 Å². The maximum Gasteiger partial charge on any atom is 0.516 e. The number of hydrogen-bond acceptors (Lipinski definition) is 7. The lowest BCUT2D eigenvalue weighted by Gasteiger charge is -2.32. The molecule has 11 nitrogen and oxygen atoms in total. The first-order chi connectivity index (χ1) is 17.8. The van der Waals surface area contributed by atoms with Crippen molar-refractivity contribution in [3.8, 4) is 0 Å². The average Bonchev–Trinajstić information content (AvgIpc) is 3.24. The number of halogens is 3. The van der Waals surface area contributed by atoms with E-state index < -0.39 is 33.9 Å². The van der Waals surface area contributed by atoms with Gasteiger partial charge in [-0.05, 0) is 42.7 Å². The van der Waals surface area contributed by atoms with Gasteiger partial charge in [-0.15, -0.1) is 5.10 Å². The van der Waals surface area contributed by atoms with Crippen molar-refractivity contribution in [1.29, 1.82) is 0 Å². The monoisotopic (exact) mass is 552 g/mol. The molecule has 1 aromatic carbocycles. The fraction of sp³-hybridized carbons (Fsp3) is 0.304. The van der Waals surface area contributed by atoms with Gasteiger partial charge in [-0.2, -0.15) is 21.6 Å². The highest BCUT2D eigenvalue weighted by Crippen LogP contribution is 2.29. The topological polar surface area (TPSA) is 137 Å². The molecule has 0 unspecified atom stereocenters. The number of amides is 1. The number of carboxylic acid groups (broad SMARTS) is 1. The molecule has 0 atom stereocenters. The SMILES string of the molecule is CCc1nc2ccc(C)cn2c1C(=O)NCc1ccc(N2CCN(S(=O)(=O)C(F)(F)F)C(C(=O)O)=N2)cc1. The number of benzene rings is 1. The van der Waals surface area contributed by atoms with Gasteiger partial charge in [0, 0.05) is 12.7 Å². The molecule has 0 radical (unpaired) electrons. The van der Waals surface area contributed by atoms with Crippen LogP contribution in [0.1, 0.15) is 34.2 Å². The molecule has 15 heteroatoms. The summed E-state index contributed by atoms with van der Waals surface area (Å²) in [5.41, 5.74) is -1.94. The number of aryl methyl sites for hydroxylation is 2. The molecule has 0 saturated carbocycles. The second-order valence-corrected chi connectivity index (χ2v) is 10.3. The number of aliphatic carboxylic acids is 1. The minimum atomic E-state index is -5.91. The Morgan fingerprint density at radius 1 is 1.11 bits per heavy atom. The summed E-state index contributed by atoms with van der Waals surface area (Å²) in [4.78, 5) is 29.0. The number of rotatable bonds is 7. The zero-order chi connectivity index (χ0) is 27.8. The highest BCUT2D eigenvalue weighted by Gasteiger charge is 2.53. The Balaban J connectivity index is 1.50. The average molecular weight is 553 g/mol. The zero-order valence-corrected chi connectivity index (χ0v) is 21.0. The molecule has 4 rings (SSSR count). The number of alkyl halides is 3. The van der Waals surface area contributed by atoms with Crippen molar-refractivity contribution in [1.82, 2.24) is 19.0 Å². The molecule has 1 amide bonds. The normalized spacial score (nSPS) is 14.5. The zero-order valence-electron chi connectivity index (χ0n) is 20.2. The lowest BCUT2D eigenvalue weighted by Crippen LogP contribution is -2.53. The second-order valence-electron chi connectivity index (χ2n) is 8.42. The van der Waals surface area contributed by atoms with Crippen LogP contribution in [-0.2, 0) is 27.8 Å². The minimum absolute atomic E-state index is 0.155. The first kappa shape index (κ1) is 26.9. The van der Waals surface area contributed by atoms with E-state index in [9.17, 15) is 36.3 Å². The summed E-state index contributed by atoms with van der Waals surface area (Å²) in [6.07, 6.45) is 2.39. The van der Waals surface area contributed by atoms with E-state index in [1.54, 1.807) is 16.5 Å². The van der Waals surface area contributed by atoms with Gasteiger partial charge < -0.3 is 10.4 Å². The summed E-state index contributed by atoms with van der Waals surface area (Å²) < 4.78 is 63.8. The standard InChI is InChI=1S/C23H23F3N6O5S/c1-3-17-19(30-13-14(2)4-9-18(30)28-17)21(33)27-12-15-5-7-16(8-6-15)31-10-11-32(20(29-31)22(34)35)38(36,37)23(24,25)26/h4-9,13H,3,10-12H2,1-2H3,(H,27,33)(H,34,35). The number of carbonyl (C=O) groups excluding carboxylic acids is 1. The van der Waals surface area contributed by atoms with Gasteiger partial charge in [-0.25, -0.2) is 14.1 Å². The van der Waals surface area contributed by atoms with Gasteiger partial charge in [0.2, 0.25) is 5.84 Å². The molecule has 2 N–H and O–H groups in total. The molecule has 3 aromatic rings. The number of hydrogen-bond donors (Lipinski definition) is 2. The highest BCUT2D eigenvalue weighted by atomic mass is 32.2. The van der Waals surface area contributed by atoms with E-state index in [4.69, 9.17) is 0 Å². The summed E-state index contributed by atoms with van der Waals surface area (Å²) in [6, 6.07) is 10.1. The van der Waals surface area contributed by atoms with Crippen LogP contribution in [0.4, 0.5) is 18.9 Å². The van der Waals surface area contributed by atoms with Crippen LogP contribution in [0.5, 0.6) is 0 Å². The molecule has 0 fully saturated rings. The van der Waals surface area contributed by atoms with Gasteiger partial charge in [-0.3, -0.25) is 14.2 Å². The van der Waals surface area contributed by atoms with Gasteiger partial charge in [-0.1, -0.05) is 25.1 Å². The largest absolute Gasteiger partial charge is 0.516 e. The van der Waals surface area contributed by atoms with E-state index in [1.165, 1.54) is 12.1 Å². The van der Waals surface area contributed by atoms with Crippen LogP contribution < -0.4 is 10.3 Å². The number of pyridine rings is 1. The van der Waals surface area contributed by atoms with Crippen molar-refractivity contribution in [2.75, 3.05) is 18.1 Å². The molecular formula is C23H23F3N6O5S. The van der Waals surface area contributed by atoms with E-state index in [1.807, 2.05) is 32.2 Å². The number of carbonyl (C=O) groups is 2.